The van der Waals surface area contributed by atoms with Crippen LogP contribution in [0.3, 0.4) is 0 Å². The van der Waals surface area contributed by atoms with Crippen molar-refractivity contribution >= 4 is 11.9 Å². The van der Waals surface area contributed by atoms with Gasteiger partial charge in [0.1, 0.15) is 0 Å². The predicted molar refractivity (Wildman–Crippen MR) is 158 cm³/mol. The van der Waals surface area contributed by atoms with Crippen molar-refractivity contribution in [3.05, 3.63) is 23.3 Å². The van der Waals surface area contributed by atoms with Crippen LogP contribution in [0.25, 0.3) is 0 Å². The van der Waals surface area contributed by atoms with Crippen LogP contribution in [0.2, 0.25) is 0 Å². The van der Waals surface area contributed by atoms with Gasteiger partial charge in [0.05, 0.1) is 25.6 Å². The van der Waals surface area contributed by atoms with E-state index in [1.54, 1.807) is 0 Å². The molecule has 0 spiro atoms. The molecule has 0 saturated carbocycles. The molecule has 0 rings (SSSR count). The van der Waals surface area contributed by atoms with E-state index in [0.29, 0.717) is 13.2 Å². The first-order valence-corrected chi connectivity index (χ1v) is 15.5. The average molecular weight is 521 g/mol. The van der Waals surface area contributed by atoms with Crippen LogP contribution in [-0.2, 0) is 19.1 Å². The van der Waals surface area contributed by atoms with Crippen molar-refractivity contribution in [3.63, 3.8) is 0 Å². The third kappa shape index (κ3) is 24.5. The van der Waals surface area contributed by atoms with Crippen LogP contribution in [0.5, 0.6) is 0 Å². The molecule has 0 radical (unpaired) electrons. The Morgan fingerprint density at radius 3 is 1.59 bits per heavy atom. The Labute approximate surface area is 230 Å². The van der Waals surface area contributed by atoms with Gasteiger partial charge in [-0.05, 0) is 46.5 Å². The second-order valence-corrected chi connectivity index (χ2v) is 11.0. The van der Waals surface area contributed by atoms with E-state index in [-0.39, 0.29) is 18.4 Å². The molecule has 216 valence electrons. The van der Waals surface area contributed by atoms with Gasteiger partial charge in [0.25, 0.3) is 0 Å². The molecule has 0 amide bonds. The van der Waals surface area contributed by atoms with E-state index in [2.05, 4.69) is 33.8 Å². The Kier molecular flexibility index (Phi) is 24.9. The molecule has 0 aromatic rings. The van der Waals surface area contributed by atoms with Gasteiger partial charge in [-0.3, -0.25) is 9.59 Å². The van der Waals surface area contributed by atoms with Gasteiger partial charge in [-0.1, -0.05) is 127 Å². The quantitative estimate of drug-likeness (QED) is 0.0682. The first-order valence-electron chi connectivity index (χ1n) is 15.5. The van der Waals surface area contributed by atoms with Gasteiger partial charge in [-0.15, -0.1) is 0 Å². The summed E-state index contributed by atoms with van der Waals surface area (Å²) in [4.78, 5) is 25.3. The second kappa shape index (κ2) is 26.0. The Bertz CT molecular complexity index is 616. The Hall–Kier alpha value is -1.58. The van der Waals surface area contributed by atoms with Crippen molar-refractivity contribution in [2.24, 2.45) is 5.92 Å². The molecule has 1 atom stereocenters. The second-order valence-electron chi connectivity index (χ2n) is 11.0. The zero-order valence-electron chi connectivity index (χ0n) is 25.2. The van der Waals surface area contributed by atoms with Crippen molar-refractivity contribution in [3.8, 4) is 0 Å². The molecule has 0 aliphatic carbocycles. The number of hydrogen-bond donors (Lipinski definition) is 0. The van der Waals surface area contributed by atoms with E-state index in [9.17, 15) is 9.59 Å². The fourth-order valence-corrected chi connectivity index (χ4v) is 4.40. The SMILES string of the molecule is CCCCCCCCCCOC(=O)CC(/C=C(\C)CCC=C(C)C)C(=O)OCCCCCCCCCC. The summed E-state index contributed by atoms with van der Waals surface area (Å²) in [6.07, 6.45) is 25.3. The molecule has 0 saturated heterocycles. The molecular formula is C33H60O4. The average Bonchev–Trinajstić information content (AvgIpc) is 2.86. The molecule has 0 N–H and O–H groups in total. The van der Waals surface area contributed by atoms with E-state index in [4.69, 9.17) is 9.47 Å². The molecule has 0 bridgehead atoms. The fourth-order valence-electron chi connectivity index (χ4n) is 4.40. The van der Waals surface area contributed by atoms with Crippen molar-refractivity contribution in [2.45, 2.75) is 157 Å². The summed E-state index contributed by atoms with van der Waals surface area (Å²) in [6, 6.07) is 0. The summed E-state index contributed by atoms with van der Waals surface area (Å²) in [5.74, 6) is -1.16. The van der Waals surface area contributed by atoms with Gasteiger partial charge < -0.3 is 9.47 Å². The zero-order chi connectivity index (χ0) is 27.6. The zero-order valence-corrected chi connectivity index (χ0v) is 25.2. The van der Waals surface area contributed by atoms with Crippen molar-refractivity contribution in [2.75, 3.05) is 13.2 Å². The normalized spacial score (nSPS) is 12.3. The minimum absolute atomic E-state index is 0.0628. The molecule has 0 heterocycles. The van der Waals surface area contributed by atoms with Crippen molar-refractivity contribution in [1.82, 2.24) is 0 Å². The first-order chi connectivity index (χ1) is 17.9. The number of rotatable bonds is 25. The van der Waals surface area contributed by atoms with E-state index in [0.717, 1.165) is 44.1 Å². The smallest absolute Gasteiger partial charge is 0.313 e. The molecule has 4 nitrogen and oxygen atoms in total. The van der Waals surface area contributed by atoms with Crippen LogP contribution >= 0.6 is 0 Å². The highest BCUT2D eigenvalue weighted by Gasteiger charge is 2.22. The predicted octanol–water partition coefficient (Wildman–Crippen LogP) is 10.1. The Balaban J connectivity index is 4.48. The van der Waals surface area contributed by atoms with E-state index in [1.807, 2.05) is 13.0 Å². The van der Waals surface area contributed by atoms with E-state index < -0.39 is 5.92 Å². The maximum Gasteiger partial charge on any atom is 0.313 e. The molecule has 0 aliphatic rings. The summed E-state index contributed by atoms with van der Waals surface area (Å²) in [7, 11) is 0. The van der Waals surface area contributed by atoms with Gasteiger partial charge in [-0.2, -0.15) is 0 Å². The fraction of sp³-hybridized carbons (Fsp3) is 0.818. The summed E-state index contributed by atoms with van der Waals surface area (Å²) >= 11 is 0. The summed E-state index contributed by atoms with van der Waals surface area (Å²) in [6.45, 7) is 11.6. The van der Waals surface area contributed by atoms with Gasteiger partial charge in [0.15, 0.2) is 0 Å². The number of allylic oxidation sites excluding steroid dienone is 3. The van der Waals surface area contributed by atoms with Crippen LogP contribution in [0.1, 0.15) is 157 Å². The van der Waals surface area contributed by atoms with Crippen LogP contribution in [-0.4, -0.2) is 25.2 Å². The molecule has 0 aromatic heterocycles. The number of ether oxygens (including phenoxy) is 2. The molecule has 4 heteroatoms. The van der Waals surface area contributed by atoms with Crippen LogP contribution in [0, 0.1) is 5.92 Å². The van der Waals surface area contributed by atoms with Gasteiger partial charge in [-0.25, -0.2) is 0 Å². The topological polar surface area (TPSA) is 52.6 Å². The van der Waals surface area contributed by atoms with Gasteiger partial charge in [0, 0.05) is 0 Å². The maximum absolute atomic E-state index is 12.8. The molecule has 0 aliphatic heterocycles. The lowest BCUT2D eigenvalue weighted by Gasteiger charge is -2.14. The summed E-state index contributed by atoms with van der Waals surface area (Å²) in [5, 5.41) is 0. The van der Waals surface area contributed by atoms with Crippen molar-refractivity contribution < 1.29 is 19.1 Å². The maximum atomic E-state index is 12.8. The molecule has 0 aromatic carbocycles. The Morgan fingerprint density at radius 2 is 1.11 bits per heavy atom. The Morgan fingerprint density at radius 1 is 0.649 bits per heavy atom. The number of unbranched alkanes of at least 4 members (excludes halogenated alkanes) is 14. The van der Waals surface area contributed by atoms with Crippen molar-refractivity contribution in [1.29, 1.82) is 0 Å². The highest BCUT2D eigenvalue weighted by atomic mass is 16.5. The van der Waals surface area contributed by atoms with Crippen LogP contribution in [0.4, 0.5) is 0 Å². The highest BCUT2D eigenvalue weighted by molar-refractivity contribution is 5.81. The van der Waals surface area contributed by atoms with Gasteiger partial charge >= 0.3 is 11.9 Å². The lowest BCUT2D eigenvalue weighted by Crippen LogP contribution is -2.21. The molecule has 0 fully saturated rings. The monoisotopic (exact) mass is 520 g/mol. The lowest BCUT2D eigenvalue weighted by molar-refractivity contribution is -0.153. The third-order valence-electron chi connectivity index (χ3n) is 6.77. The molecular weight excluding hydrogens is 460 g/mol. The molecule has 1 unspecified atom stereocenters. The van der Waals surface area contributed by atoms with E-state index in [1.165, 1.54) is 82.6 Å². The third-order valence-corrected chi connectivity index (χ3v) is 6.77. The summed E-state index contributed by atoms with van der Waals surface area (Å²) < 4.78 is 11.1. The number of carbonyl (C=O) groups is 2. The molecule has 37 heavy (non-hydrogen) atoms. The number of esters is 2. The minimum atomic E-state index is -0.563. The van der Waals surface area contributed by atoms with Crippen LogP contribution in [0.15, 0.2) is 23.3 Å². The number of carbonyl (C=O) groups excluding carboxylic acids is 2. The minimum Gasteiger partial charge on any atom is -0.466 e. The highest BCUT2D eigenvalue weighted by Crippen LogP contribution is 2.17. The largest absolute Gasteiger partial charge is 0.466 e. The standard InChI is InChI=1S/C33H60O4/c1-6-8-10-12-14-16-18-20-25-36-32(34)28-31(27-30(5)24-22-23-29(3)4)33(35)37-26-21-19-17-15-13-11-9-7-2/h23,27,31H,6-22,24-26,28H2,1-5H3/b30-27+. The lowest BCUT2D eigenvalue weighted by atomic mass is 10.00. The van der Waals surface area contributed by atoms with Gasteiger partial charge in [0.2, 0.25) is 0 Å². The van der Waals surface area contributed by atoms with E-state index >= 15 is 0 Å². The first kappa shape index (κ1) is 35.4. The number of hydrogen-bond acceptors (Lipinski definition) is 4. The summed E-state index contributed by atoms with van der Waals surface area (Å²) in [5.41, 5.74) is 2.40. The van der Waals surface area contributed by atoms with Crippen LogP contribution < -0.4 is 0 Å².